The topological polar surface area (TPSA) is 117 Å². The number of rotatable bonds is 6. The minimum Gasteiger partial charge on any atom is -0.391 e. The van der Waals surface area contributed by atoms with E-state index in [1.54, 1.807) is 25.2 Å². The van der Waals surface area contributed by atoms with Crippen LogP contribution in [0.3, 0.4) is 0 Å². The standard InChI is InChI=1S/C18H24N4O4S/c1-9-8-27-15(20-9)4-5-19-17(24)12-6-13(14(23)7-12)21-18(25)16-10(2)22-26-11(16)3/h8,12-14,23H,4-7H2,1-3H3,(H,19,24)(H,21,25)/t12-,13+,14+/m0/s1. The molecule has 0 aromatic carbocycles. The number of aromatic nitrogens is 2. The van der Waals surface area contributed by atoms with Crippen molar-refractivity contribution in [2.24, 2.45) is 5.92 Å². The molecule has 0 radical (unpaired) electrons. The third kappa shape index (κ3) is 4.54. The number of thiazole rings is 1. The van der Waals surface area contributed by atoms with Gasteiger partial charge in [0.25, 0.3) is 5.91 Å². The lowest BCUT2D eigenvalue weighted by molar-refractivity contribution is -0.125. The number of amides is 2. The van der Waals surface area contributed by atoms with Gasteiger partial charge in [-0.1, -0.05) is 5.16 Å². The Labute approximate surface area is 161 Å². The summed E-state index contributed by atoms with van der Waals surface area (Å²) >= 11 is 1.58. The first-order chi connectivity index (χ1) is 12.8. The molecular weight excluding hydrogens is 368 g/mol. The van der Waals surface area contributed by atoms with Gasteiger partial charge in [0.2, 0.25) is 5.91 Å². The van der Waals surface area contributed by atoms with Gasteiger partial charge in [-0.3, -0.25) is 9.59 Å². The number of carbonyl (C=O) groups is 2. The van der Waals surface area contributed by atoms with Crippen LogP contribution >= 0.6 is 11.3 Å². The quantitative estimate of drug-likeness (QED) is 0.682. The molecule has 9 heteroatoms. The summed E-state index contributed by atoms with van der Waals surface area (Å²) in [5.74, 6) is -0.330. The van der Waals surface area contributed by atoms with E-state index in [1.165, 1.54) is 0 Å². The maximum atomic E-state index is 12.4. The lowest BCUT2D eigenvalue weighted by atomic mass is 10.1. The Morgan fingerprint density at radius 1 is 1.33 bits per heavy atom. The number of aliphatic hydroxyl groups is 1. The summed E-state index contributed by atoms with van der Waals surface area (Å²) in [6.45, 7) is 5.81. The van der Waals surface area contributed by atoms with E-state index in [1.807, 2.05) is 12.3 Å². The fourth-order valence-corrected chi connectivity index (χ4v) is 4.16. The minimum atomic E-state index is -0.758. The maximum absolute atomic E-state index is 12.4. The fourth-order valence-electron chi connectivity index (χ4n) is 3.39. The van der Waals surface area contributed by atoms with Crippen LogP contribution in [-0.4, -0.2) is 45.8 Å². The molecule has 2 aromatic heterocycles. The Hall–Kier alpha value is -2.26. The number of nitrogens with one attached hydrogen (secondary N) is 2. The second-order valence-electron chi connectivity index (χ2n) is 6.94. The molecule has 0 spiro atoms. The monoisotopic (exact) mass is 392 g/mol. The van der Waals surface area contributed by atoms with E-state index in [0.29, 0.717) is 42.8 Å². The van der Waals surface area contributed by atoms with E-state index in [4.69, 9.17) is 4.52 Å². The molecule has 1 fully saturated rings. The van der Waals surface area contributed by atoms with Crippen molar-refractivity contribution in [3.63, 3.8) is 0 Å². The predicted molar refractivity (Wildman–Crippen MR) is 99.5 cm³/mol. The van der Waals surface area contributed by atoms with Gasteiger partial charge in [0.1, 0.15) is 11.3 Å². The highest BCUT2D eigenvalue weighted by atomic mass is 32.1. The van der Waals surface area contributed by atoms with Crippen LogP contribution in [0.25, 0.3) is 0 Å². The lowest BCUT2D eigenvalue weighted by Gasteiger charge is -2.16. The molecule has 8 nitrogen and oxygen atoms in total. The van der Waals surface area contributed by atoms with Gasteiger partial charge in [-0.05, 0) is 33.6 Å². The van der Waals surface area contributed by atoms with Gasteiger partial charge in [0.05, 0.1) is 22.8 Å². The van der Waals surface area contributed by atoms with E-state index in [-0.39, 0.29) is 17.7 Å². The van der Waals surface area contributed by atoms with Crippen molar-refractivity contribution in [2.45, 2.75) is 52.2 Å². The highest BCUT2D eigenvalue weighted by Crippen LogP contribution is 2.27. The van der Waals surface area contributed by atoms with Crippen molar-refractivity contribution in [3.05, 3.63) is 33.1 Å². The van der Waals surface area contributed by atoms with E-state index < -0.39 is 12.1 Å². The van der Waals surface area contributed by atoms with Crippen LogP contribution in [0.15, 0.2) is 9.90 Å². The van der Waals surface area contributed by atoms with Crippen molar-refractivity contribution in [1.82, 2.24) is 20.8 Å². The van der Waals surface area contributed by atoms with Gasteiger partial charge in [0.15, 0.2) is 0 Å². The highest BCUT2D eigenvalue weighted by molar-refractivity contribution is 7.09. The molecule has 3 N–H and O–H groups in total. The zero-order valence-corrected chi connectivity index (χ0v) is 16.4. The predicted octanol–water partition coefficient (Wildman–Crippen LogP) is 1.28. The zero-order chi connectivity index (χ0) is 19.6. The summed E-state index contributed by atoms with van der Waals surface area (Å²) in [6, 6.07) is -0.469. The summed E-state index contributed by atoms with van der Waals surface area (Å²) in [7, 11) is 0. The maximum Gasteiger partial charge on any atom is 0.257 e. The molecule has 0 unspecified atom stereocenters. The third-order valence-corrected chi connectivity index (χ3v) is 5.81. The van der Waals surface area contributed by atoms with Crippen molar-refractivity contribution < 1.29 is 19.2 Å². The molecule has 2 aromatic rings. The molecule has 3 atom stereocenters. The van der Waals surface area contributed by atoms with E-state index in [9.17, 15) is 14.7 Å². The highest BCUT2D eigenvalue weighted by Gasteiger charge is 2.38. The molecule has 1 aliphatic rings. The third-order valence-electron chi connectivity index (χ3n) is 4.78. The SMILES string of the molecule is Cc1csc(CCNC(=O)[C@@H]2C[C@@H](O)[C@H](NC(=O)c3c(C)noc3C)C2)n1. The summed E-state index contributed by atoms with van der Waals surface area (Å²) < 4.78 is 5.01. The second-order valence-corrected chi connectivity index (χ2v) is 7.88. The first-order valence-corrected chi connectivity index (χ1v) is 9.83. The van der Waals surface area contributed by atoms with E-state index >= 15 is 0 Å². The fraction of sp³-hybridized carbons (Fsp3) is 0.556. The van der Waals surface area contributed by atoms with Gasteiger partial charge < -0.3 is 20.3 Å². The van der Waals surface area contributed by atoms with Crippen LogP contribution in [0, 0.1) is 26.7 Å². The average molecular weight is 392 g/mol. The van der Waals surface area contributed by atoms with Crippen LogP contribution in [0.4, 0.5) is 0 Å². The molecule has 146 valence electrons. The van der Waals surface area contributed by atoms with Crippen LogP contribution in [0.5, 0.6) is 0 Å². The van der Waals surface area contributed by atoms with Gasteiger partial charge in [-0.25, -0.2) is 4.98 Å². The van der Waals surface area contributed by atoms with E-state index in [2.05, 4.69) is 20.8 Å². The number of hydrogen-bond donors (Lipinski definition) is 3. The van der Waals surface area contributed by atoms with Gasteiger partial charge in [-0.15, -0.1) is 11.3 Å². The zero-order valence-electron chi connectivity index (χ0n) is 15.6. The number of carbonyl (C=O) groups excluding carboxylic acids is 2. The van der Waals surface area contributed by atoms with Crippen LogP contribution < -0.4 is 10.6 Å². The normalized spacial score (nSPS) is 22.0. The van der Waals surface area contributed by atoms with Crippen molar-refractivity contribution in [3.8, 4) is 0 Å². The Balaban J connectivity index is 1.49. The molecule has 1 aliphatic carbocycles. The van der Waals surface area contributed by atoms with Crippen molar-refractivity contribution in [1.29, 1.82) is 0 Å². The first kappa shape index (κ1) is 19.5. The van der Waals surface area contributed by atoms with Crippen LogP contribution in [0.1, 0.15) is 45.4 Å². The first-order valence-electron chi connectivity index (χ1n) is 8.95. The number of aryl methyl sites for hydroxylation is 3. The molecule has 27 heavy (non-hydrogen) atoms. The van der Waals surface area contributed by atoms with E-state index in [0.717, 1.165) is 10.7 Å². The van der Waals surface area contributed by atoms with Crippen LogP contribution in [-0.2, 0) is 11.2 Å². The van der Waals surface area contributed by atoms with Crippen molar-refractivity contribution >= 4 is 23.2 Å². The molecule has 0 bridgehead atoms. The number of aliphatic hydroxyl groups excluding tert-OH is 1. The molecule has 3 rings (SSSR count). The summed E-state index contributed by atoms with van der Waals surface area (Å²) in [4.78, 5) is 29.2. The smallest absolute Gasteiger partial charge is 0.257 e. The van der Waals surface area contributed by atoms with Gasteiger partial charge >= 0.3 is 0 Å². The largest absolute Gasteiger partial charge is 0.391 e. The Bertz CT molecular complexity index is 812. The summed E-state index contributed by atoms with van der Waals surface area (Å²) in [5.41, 5.74) is 1.87. The molecule has 0 aliphatic heterocycles. The van der Waals surface area contributed by atoms with Gasteiger partial charge in [-0.2, -0.15) is 0 Å². The van der Waals surface area contributed by atoms with Crippen molar-refractivity contribution in [2.75, 3.05) is 6.54 Å². The average Bonchev–Trinajstić information content (AvgIpc) is 3.28. The molecule has 0 saturated heterocycles. The minimum absolute atomic E-state index is 0.101. The number of nitrogens with zero attached hydrogens (tertiary/aromatic N) is 2. The Morgan fingerprint density at radius 3 is 2.74 bits per heavy atom. The lowest BCUT2D eigenvalue weighted by Crippen LogP contribution is -2.40. The summed E-state index contributed by atoms with van der Waals surface area (Å²) in [5, 5.41) is 22.7. The Morgan fingerprint density at radius 2 is 2.11 bits per heavy atom. The second kappa shape index (κ2) is 8.18. The summed E-state index contributed by atoms with van der Waals surface area (Å²) in [6.07, 6.45) is 0.658. The molecule has 2 amide bonds. The number of hydrogen-bond acceptors (Lipinski definition) is 7. The molecular formula is C18H24N4O4S. The Kier molecular flexibility index (Phi) is 5.91. The molecule has 2 heterocycles. The van der Waals surface area contributed by atoms with Crippen LogP contribution in [0.2, 0.25) is 0 Å². The molecule has 1 saturated carbocycles. The van der Waals surface area contributed by atoms with Gasteiger partial charge in [0, 0.05) is 30.0 Å².